The predicted molar refractivity (Wildman–Crippen MR) is 139 cm³/mol. The van der Waals surface area contributed by atoms with E-state index in [1.165, 1.54) is 0 Å². The molecule has 3 aromatic rings. The fourth-order valence-electron chi connectivity index (χ4n) is 5.16. The van der Waals surface area contributed by atoms with Gasteiger partial charge in [-0.25, -0.2) is 4.79 Å². The van der Waals surface area contributed by atoms with Crippen LogP contribution >= 0.6 is 0 Å². The van der Waals surface area contributed by atoms with Crippen LogP contribution < -0.4 is 10.9 Å². The normalized spacial score (nSPS) is 14.4. The summed E-state index contributed by atoms with van der Waals surface area (Å²) in [5, 5.41) is 13.3. The molecule has 1 fully saturated rings. The minimum Gasteiger partial charge on any atom is -0.481 e. The maximum atomic E-state index is 12.9. The van der Waals surface area contributed by atoms with E-state index in [1.54, 1.807) is 4.90 Å². The molecule has 0 aliphatic carbocycles. The van der Waals surface area contributed by atoms with Crippen LogP contribution in [-0.2, 0) is 20.8 Å². The van der Waals surface area contributed by atoms with Crippen molar-refractivity contribution in [3.8, 4) is 0 Å². The number of carbonyl (C=O) groups excluding carboxylic acids is 2. The Morgan fingerprint density at radius 2 is 1.62 bits per heavy atom. The summed E-state index contributed by atoms with van der Waals surface area (Å²) in [5.74, 6) is -0.368. The average Bonchev–Trinajstić information content (AvgIpc) is 3.16. The Bertz CT molecular complexity index is 1420. The van der Waals surface area contributed by atoms with Gasteiger partial charge in [-0.1, -0.05) is 0 Å². The third-order valence-corrected chi connectivity index (χ3v) is 7.62. The molecule has 9 nitrogen and oxygen atoms in total. The van der Waals surface area contributed by atoms with Gasteiger partial charge in [0, 0.05) is 60.3 Å². The molecule has 1 aliphatic heterocycles. The zero-order valence-electron chi connectivity index (χ0n) is 21.9. The van der Waals surface area contributed by atoms with Crippen LogP contribution in [0.4, 0.5) is 0 Å². The fourth-order valence-corrected chi connectivity index (χ4v) is 5.16. The van der Waals surface area contributed by atoms with Gasteiger partial charge in [-0.05, 0) is 70.6 Å². The Morgan fingerprint density at radius 3 is 2.30 bits per heavy atom. The van der Waals surface area contributed by atoms with Gasteiger partial charge >= 0.3 is 11.6 Å². The monoisotopic (exact) mass is 510 g/mol. The molecule has 2 aromatic heterocycles. The summed E-state index contributed by atoms with van der Waals surface area (Å²) in [7, 11) is 0. The van der Waals surface area contributed by atoms with Crippen LogP contribution in [0, 0.1) is 33.6 Å². The van der Waals surface area contributed by atoms with E-state index in [-0.39, 0.29) is 37.0 Å². The second kappa shape index (κ2) is 10.8. The number of fused-ring (bicyclic) bond motifs is 2. The van der Waals surface area contributed by atoms with Crippen LogP contribution in [0.3, 0.4) is 0 Å². The maximum absolute atomic E-state index is 12.9. The van der Waals surface area contributed by atoms with Gasteiger partial charge in [-0.15, -0.1) is 0 Å². The molecule has 3 heterocycles. The number of carboxylic acid groups (broad SMARTS) is 1. The largest absolute Gasteiger partial charge is 0.481 e. The van der Waals surface area contributed by atoms with E-state index in [0.29, 0.717) is 50.0 Å². The number of amides is 2. The molecule has 2 amide bonds. The highest BCUT2D eigenvalue weighted by Gasteiger charge is 2.27. The number of carboxylic acids is 1. The Labute approximate surface area is 214 Å². The van der Waals surface area contributed by atoms with Gasteiger partial charge in [-0.2, -0.15) is 0 Å². The van der Waals surface area contributed by atoms with Crippen molar-refractivity contribution >= 4 is 39.7 Å². The lowest BCUT2D eigenvalue weighted by Gasteiger charge is -2.31. The molecule has 0 saturated carbocycles. The van der Waals surface area contributed by atoms with Gasteiger partial charge in [0.15, 0.2) is 0 Å². The number of hydrogen-bond acceptors (Lipinski definition) is 6. The van der Waals surface area contributed by atoms with Gasteiger partial charge in [0.1, 0.15) is 16.9 Å². The van der Waals surface area contributed by atoms with Gasteiger partial charge in [0.25, 0.3) is 0 Å². The topological polar surface area (TPSA) is 130 Å². The lowest BCUT2D eigenvalue weighted by atomic mass is 9.95. The summed E-state index contributed by atoms with van der Waals surface area (Å²) >= 11 is 0. The molecule has 1 aliphatic rings. The predicted octanol–water partition coefficient (Wildman–Crippen LogP) is 3.93. The van der Waals surface area contributed by atoms with E-state index < -0.39 is 11.6 Å². The quantitative estimate of drug-likeness (QED) is 0.347. The molecular weight excluding hydrogens is 476 g/mol. The van der Waals surface area contributed by atoms with Crippen molar-refractivity contribution in [2.24, 2.45) is 5.92 Å². The second-order valence-electron chi connectivity index (χ2n) is 9.97. The van der Waals surface area contributed by atoms with E-state index in [0.717, 1.165) is 38.8 Å². The lowest BCUT2D eigenvalue weighted by Crippen LogP contribution is -2.43. The molecular formula is C28H34N2O7. The molecule has 198 valence electrons. The number of nitrogens with one attached hydrogen (secondary N) is 1. The molecule has 0 bridgehead atoms. The number of aliphatic carboxylic acids is 1. The molecule has 0 radical (unpaired) electrons. The van der Waals surface area contributed by atoms with Crippen LogP contribution in [0.1, 0.15) is 60.1 Å². The molecule has 0 atom stereocenters. The average molecular weight is 511 g/mol. The van der Waals surface area contributed by atoms with Crippen LogP contribution in [0.2, 0.25) is 0 Å². The summed E-state index contributed by atoms with van der Waals surface area (Å²) in [4.78, 5) is 50.4. The summed E-state index contributed by atoms with van der Waals surface area (Å²) < 4.78 is 11.6. The third-order valence-electron chi connectivity index (χ3n) is 7.62. The number of benzene rings is 1. The first-order chi connectivity index (χ1) is 17.6. The van der Waals surface area contributed by atoms with Crippen molar-refractivity contribution < 1.29 is 28.3 Å². The van der Waals surface area contributed by atoms with Gasteiger partial charge in [0.2, 0.25) is 11.8 Å². The Kier molecular flexibility index (Phi) is 7.71. The van der Waals surface area contributed by atoms with E-state index in [1.807, 2.05) is 33.8 Å². The van der Waals surface area contributed by atoms with Crippen LogP contribution in [0.5, 0.6) is 0 Å². The number of likely N-dealkylation sites (tertiary alicyclic amines) is 1. The number of rotatable bonds is 8. The van der Waals surface area contributed by atoms with E-state index in [2.05, 4.69) is 5.32 Å². The fraction of sp³-hybridized carbons (Fsp3) is 0.500. The Balaban J connectivity index is 1.39. The molecule has 4 rings (SSSR count). The maximum Gasteiger partial charge on any atom is 0.339 e. The summed E-state index contributed by atoms with van der Waals surface area (Å²) in [6.07, 6.45) is 2.02. The zero-order chi connectivity index (χ0) is 26.9. The molecule has 2 N–H and O–H groups in total. The Hall–Kier alpha value is -3.62. The van der Waals surface area contributed by atoms with Gasteiger partial charge < -0.3 is 24.2 Å². The van der Waals surface area contributed by atoms with E-state index >= 15 is 0 Å². The van der Waals surface area contributed by atoms with Crippen LogP contribution in [0.15, 0.2) is 19.7 Å². The van der Waals surface area contributed by atoms with Crippen molar-refractivity contribution in [1.82, 2.24) is 10.2 Å². The molecule has 1 aromatic carbocycles. The van der Waals surface area contributed by atoms with Crippen molar-refractivity contribution in [1.29, 1.82) is 0 Å². The van der Waals surface area contributed by atoms with Crippen molar-refractivity contribution in [3.05, 3.63) is 44.5 Å². The number of furan rings is 1. The molecule has 9 heteroatoms. The lowest BCUT2D eigenvalue weighted by molar-refractivity contribution is -0.137. The van der Waals surface area contributed by atoms with Gasteiger partial charge in [0.05, 0.1) is 0 Å². The molecule has 1 saturated heterocycles. The number of aryl methyl sites for hydroxylation is 4. The second-order valence-corrected chi connectivity index (χ2v) is 9.97. The van der Waals surface area contributed by atoms with Crippen molar-refractivity contribution in [3.63, 3.8) is 0 Å². The van der Waals surface area contributed by atoms with Crippen molar-refractivity contribution in [2.75, 3.05) is 19.6 Å². The summed E-state index contributed by atoms with van der Waals surface area (Å²) in [6.45, 7) is 9.00. The van der Waals surface area contributed by atoms with E-state index in [4.69, 9.17) is 13.9 Å². The van der Waals surface area contributed by atoms with Crippen molar-refractivity contribution in [2.45, 2.75) is 66.2 Å². The first kappa shape index (κ1) is 26.4. The summed E-state index contributed by atoms with van der Waals surface area (Å²) in [5.41, 5.74) is 3.99. The minimum absolute atomic E-state index is 0.0227. The standard InChI is InChI=1S/C28H34N2O7/c1-15-18(4)36-25-17(3)26-22(14-21(15)25)16(2)20(28(35)37-26)7-8-23(31)30-12-9-19(10-13-30)27(34)29-11-5-6-24(32)33/h14,19H,5-13H2,1-4H3,(H,29,34)(H,32,33). The molecule has 0 unspecified atom stereocenters. The SMILES string of the molecule is Cc1oc2c(C)c3oc(=O)c(CCC(=O)N4CCC(C(=O)NCCCC(=O)O)CC4)c(C)c3cc2c1C. The highest BCUT2D eigenvalue weighted by molar-refractivity contribution is 6.00. The summed E-state index contributed by atoms with van der Waals surface area (Å²) in [6, 6.07) is 2.00. The minimum atomic E-state index is -0.881. The number of carbonyl (C=O) groups is 3. The first-order valence-corrected chi connectivity index (χ1v) is 12.8. The third kappa shape index (κ3) is 5.40. The van der Waals surface area contributed by atoms with Crippen LogP contribution in [0.25, 0.3) is 21.9 Å². The van der Waals surface area contributed by atoms with Gasteiger partial charge in [-0.3, -0.25) is 14.4 Å². The highest BCUT2D eigenvalue weighted by Crippen LogP contribution is 2.34. The molecule has 0 spiro atoms. The first-order valence-electron chi connectivity index (χ1n) is 12.8. The Morgan fingerprint density at radius 1 is 0.973 bits per heavy atom. The highest BCUT2D eigenvalue weighted by atomic mass is 16.4. The number of hydrogen-bond donors (Lipinski definition) is 2. The zero-order valence-corrected chi connectivity index (χ0v) is 21.9. The number of piperidine rings is 1. The molecule has 37 heavy (non-hydrogen) atoms. The van der Waals surface area contributed by atoms with Crippen LogP contribution in [-0.4, -0.2) is 47.4 Å². The number of nitrogens with zero attached hydrogens (tertiary/aromatic N) is 1. The smallest absolute Gasteiger partial charge is 0.339 e. The van der Waals surface area contributed by atoms with E-state index in [9.17, 15) is 19.2 Å².